The lowest BCUT2D eigenvalue weighted by Gasteiger charge is -2.37. The molecule has 2 heterocycles. The number of hydrogen-bond donors (Lipinski definition) is 0. The van der Waals surface area contributed by atoms with E-state index in [2.05, 4.69) is 19.8 Å². The Balaban J connectivity index is 1.65. The summed E-state index contributed by atoms with van der Waals surface area (Å²) >= 11 is 0. The number of rotatable bonds is 5. The van der Waals surface area contributed by atoms with Crippen molar-refractivity contribution in [1.29, 1.82) is 0 Å². The molecule has 1 aromatic heterocycles. The van der Waals surface area contributed by atoms with Crippen LogP contribution in [0.5, 0.6) is 5.75 Å². The van der Waals surface area contributed by atoms with Crippen LogP contribution in [-0.4, -0.2) is 45.0 Å². The number of benzene rings is 1. The minimum absolute atomic E-state index is 0.00776. The number of nitro groups is 1. The Morgan fingerprint density at radius 1 is 1.26 bits per heavy atom. The van der Waals surface area contributed by atoms with Gasteiger partial charge in [-0.05, 0) is 51.4 Å². The minimum atomic E-state index is -4.88. The van der Waals surface area contributed by atoms with E-state index < -0.39 is 22.6 Å². The molecular formula is C20H19F3N4O4. The number of nitrogens with zero attached hydrogens (tertiary/aromatic N) is 4. The van der Waals surface area contributed by atoms with Crippen LogP contribution in [0.1, 0.15) is 32.1 Å². The van der Waals surface area contributed by atoms with Gasteiger partial charge >= 0.3 is 6.36 Å². The molecule has 1 fully saturated rings. The predicted octanol–water partition coefficient (Wildman–Crippen LogP) is 4.44. The molecule has 2 aromatic rings. The number of halogens is 3. The first kappa shape index (κ1) is 21.0. The average molecular weight is 436 g/mol. The van der Waals surface area contributed by atoms with Crippen molar-refractivity contribution in [3.8, 4) is 17.1 Å². The molecule has 0 N–H and O–H groups in total. The van der Waals surface area contributed by atoms with Crippen molar-refractivity contribution in [2.24, 2.45) is 0 Å². The molecule has 0 radical (unpaired) electrons. The topological polar surface area (TPSA) is 94.5 Å². The highest BCUT2D eigenvalue weighted by Gasteiger charge is 2.45. The van der Waals surface area contributed by atoms with E-state index in [1.54, 1.807) is 6.08 Å². The molecule has 1 aromatic carbocycles. The van der Waals surface area contributed by atoms with Crippen LogP contribution in [0.2, 0.25) is 0 Å². The van der Waals surface area contributed by atoms with Crippen molar-refractivity contribution in [2.75, 3.05) is 13.1 Å². The van der Waals surface area contributed by atoms with Gasteiger partial charge in [-0.15, -0.1) is 13.2 Å². The predicted molar refractivity (Wildman–Crippen MR) is 103 cm³/mol. The third-order valence-corrected chi connectivity index (χ3v) is 5.59. The molecule has 0 amide bonds. The summed E-state index contributed by atoms with van der Waals surface area (Å²) in [5, 5.41) is 15.6. The number of hydrogen-bond acceptors (Lipinski definition) is 7. The van der Waals surface area contributed by atoms with Gasteiger partial charge in [-0.3, -0.25) is 15.0 Å². The van der Waals surface area contributed by atoms with E-state index in [9.17, 15) is 23.3 Å². The SMILES string of the molecule is CC1(N2CCCC2)CC=C(c2nc(-c3ccccc3OC(F)(F)F)no2)C=C1[N+](=O)[O-]. The van der Waals surface area contributed by atoms with E-state index in [1.807, 2.05) is 6.92 Å². The highest BCUT2D eigenvalue weighted by atomic mass is 19.4. The monoisotopic (exact) mass is 436 g/mol. The quantitative estimate of drug-likeness (QED) is 0.505. The first-order chi connectivity index (χ1) is 14.7. The lowest BCUT2D eigenvalue weighted by atomic mass is 9.85. The second-order valence-electron chi connectivity index (χ2n) is 7.59. The fourth-order valence-corrected chi connectivity index (χ4v) is 3.99. The van der Waals surface area contributed by atoms with Gasteiger partial charge in [0.2, 0.25) is 5.82 Å². The maximum Gasteiger partial charge on any atom is 0.573 e. The van der Waals surface area contributed by atoms with E-state index in [-0.39, 0.29) is 23.0 Å². The number of allylic oxidation sites excluding steroid dienone is 2. The molecule has 1 aliphatic heterocycles. The van der Waals surface area contributed by atoms with Crippen LogP contribution in [0.3, 0.4) is 0 Å². The molecule has 0 spiro atoms. The summed E-state index contributed by atoms with van der Waals surface area (Å²) in [5.74, 6) is -0.595. The van der Waals surface area contributed by atoms with Gasteiger partial charge in [-0.25, -0.2) is 0 Å². The zero-order valence-corrected chi connectivity index (χ0v) is 16.6. The summed E-state index contributed by atoms with van der Waals surface area (Å²) in [7, 11) is 0. The van der Waals surface area contributed by atoms with Crippen molar-refractivity contribution in [1.82, 2.24) is 15.0 Å². The molecule has 0 bridgehead atoms. The second kappa shape index (κ2) is 7.80. The summed E-state index contributed by atoms with van der Waals surface area (Å²) in [4.78, 5) is 17.6. The zero-order valence-electron chi connectivity index (χ0n) is 16.6. The molecule has 0 saturated carbocycles. The molecule has 4 rings (SSSR count). The second-order valence-corrected chi connectivity index (χ2v) is 7.59. The van der Waals surface area contributed by atoms with Crippen LogP contribution >= 0.6 is 0 Å². The summed E-state index contributed by atoms with van der Waals surface area (Å²) in [5.41, 5.74) is -0.380. The summed E-state index contributed by atoms with van der Waals surface area (Å²) in [6.45, 7) is 3.40. The third kappa shape index (κ3) is 4.18. The van der Waals surface area contributed by atoms with Crippen molar-refractivity contribution in [3.05, 3.63) is 58.1 Å². The van der Waals surface area contributed by atoms with Crippen molar-refractivity contribution >= 4 is 5.57 Å². The number of ether oxygens (including phenoxy) is 1. The Kier molecular flexibility index (Phi) is 5.29. The standard InChI is InChI=1S/C20H19F3N4O4/c1-19(26-10-4-5-11-26)9-8-13(12-16(19)27(28)29)18-24-17(25-31-18)14-6-2-3-7-15(14)30-20(21,22)23/h2-3,6-8,12H,4-5,9-11H2,1H3. The fourth-order valence-electron chi connectivity index (χ4n) is 3.99. The molecule has 11 heteroatoms. The van der Waals surface area contributed by atoms with Gasteiger partial charge in [-0.1, -0.05) is 23.4 Å². The molecule has 31 heavy (non-hydrogen) atoms. The molecule has 1 saturated heterocycles. The van der Waals surface area contributed by atoms with E-state index in [0.717, 1.165) is 32.0 Å². The van der Waals surface area contributed by atoms with E-state index in [0.29, 0.717) is 12.0 Å². The molecule has 8 nitrogen and oxygen atoms in total. The highest BCUT2D eigenvalue weighted by Crippen LogP contribution is 2.39. The van der Waals surface area contributed by atoms with Crippen LogP contribution < -0.4 is 4.74 Å². The van der Waals surface area contributed by atoms with Crippen molar-refractivity contribution in [2.45, 2.75) is 38.1 Å². The van der Waals surface area contributed by atoms with E-state index >= 15 is 0 Å². The molecule has 1 atom stereocenters. The Labute approximate surface area is 175 Å². The molecule has 1 unspecified atom stereocenters. The Hall–Kier alpha value is -3.21. The summed E-state index contributed by atoms with van der Waals surface area (Å²) in [6, 6.07) is 5.42. The summed E-state index contributed by atoms with van der Waals surface area (Å²) < 4.78 is 47.3. The van der Waals surface area contributed by atoms with Gasteiger partial charge in [0, 0.05) is 11.6 Å². The lowest BCUT2D eigenvalue weighted by Crippen LogP contribution is -2.48. The Morgan fingerprint density at radius 3 is 2.65 bits per heavy atom. The largest absolute Gasteiger partial charge is 0.573 e. The van der Waals surface area contributed by atoms with Gasteiger partial charge in [0.25, 0.3) is 11.6 Å². The molecule has 164 valence electrons. The summed E-state index contributed by atoms with van der Waals surface area (Å²) in [6.07, 6.45) is 0.656. The van der Waals surface area contributed by atoms with Gasteiger partial charge in [0.1, 0.15) is 11.3 Å². The van der Waals surface area contributed by atoms with Crippen LogP contribution in [-0.2, 0) is 0 Å². The normalized spacial score (nSPS) is 22.2. The van der Waals surface area contributed by atoms with Crippen LogP contribution in [0.4, 0.5) is 13.2 Å². The van der Waals surface area contributed by atoms with Gasteiger partial charge in [-0.2, -0.15) is 4.98 Å². The maximum atomic E-state index is 12.7. The number of alkyl halides is 3. The molecule has 2 aliphatic rings. The Bertz CT molecular complexity index is 1060. The maximum absolute atomic E-state index is 12.7. The van der Waals surface area contributed by atoms with Crippen molar-refractivity contribution < 1.29 is 27.4 Å². The van der Waals surface area contributed by atoms with Crippen molar-refractivity contribution in [3.63, 3.8) is 0 Å². The van der Waals surface area contributed by atoms with Crippen LogP contribution in [0.25, 0.3) is 17.0 Å². The van der Waals surface area contributed by atoms with Gasteiger partial charge in [0.05, 0.1) is 10.5 Å². The van der Waals surface area contributed by atoms with E-state index in [1.165, 1.54) is 24.3 Å². The first-order valence-corrected chi connectivity index (χ1v) is 9.68. The number of para-hydroxylation sites is 1. The van der Waals surface area contributed by atoms with Gasteiger partial charge < -0.3 is 9.26 Å². The fraction of sp³-hybridized carbons (Fsp3) is 0.400. The first-order valence-electron chi connectivity index (χ1n) is 9.68. The zero-order chi connectivity index (χ0) is 22.2. The molecule has 1 aliphatic carbocycles. The molecular weight excluding hydrogens is 417 g/mol. The smallest absolute Gasteiger partial charge is 0.405 e. The minimum Gasteiger partial charge on any atom is -0.405 e. The highest BCUT2D eigenvalue weighted by molar-refractivity contribution is 5.73. The number of likely N-dealkylation sites (tertiary alicyclic amines) is 1. The third-order valence-electron chi connectivity index (χ3n) is 5.59. The van der Waals surface area contributed by atoms with E-state index in [4.69, 9.17) is 4.52 Å². The Morgan fingerprint density at radius 2 is 1.97 bits per heavy atom. The number of aromatic nitrogens is 2. The van der Waals surface area contributed by atoms with Crippen LogP contribution in [0.15, 0.2) is 46.6 Å². The van der Waals surface area contributed by atoms with Crippen LogP contribution in [0, 0.1) is 10.1 Å². The average Bonchev–Trinajstić information content (AvgIpc) is 3.40. The van der Waals surface area contributed by atoms with Gasteiger partial charge in [0.15, 0.2) is 0 Å². The lowest BCUT2D eigenvalue weighted by molar-refractivity contribution is -0.439.